The van der Waals surface area contributed by atoms with E-state index in [0.29, 0.717) is 24.5 Å². The molecule has 0 saturated carbocycles. The van der Waals surface area contributed by atoms with Crippen LogP contribution in [0, 0.1) is 13.8 Å². The van der Waals surface area contributed by atoms with Crippen LogP contribution in [0.25, 0.3) is 0 Å². The Morgan fingerprint density at radius 3 is 2.44 bits per heavy atom. The van der Waals surface area contributed by atoms with E-state index in [2.05, 4.69) is 5.32 Å². The lowest BCUT2D eigenvalue weighted by Crippen LogP contribution is -2.27. The summed E-state index contributed by atoms with van der Waals surface area (Å²) in [6, 6.07) is 11.1. The Hall–Kier alpha value is -2.82. The lowest BCUT2D eigenvalue weighted by Gasteiger charge is -2.21. The molecule has 1 aliphatic rings. The van der Waals surface area contributed by atoms with Gasteiger partial charge < -0.3 is 14.8 Å². The minimum absolute atomic E-state index is 0.0137. The largest absolute Gasteiger partial charge is 0.486 e. The number of carbonyl (C=O) groups is 2. The zero-order valence-corrected chi connectivity index (χ0v) is 16.0. The van der Waals surface area contributed by atoms with Crippen LogP contribution in [0.15, 0.2) is 36.4 Å². The Balaban J connectivity index is 1.54. The zero-order valence-electron chi connectivity index (χ0n) is 16.0. The number of Topliss-reactive ketones (excluding diaryl/α,β-unsaturated/α-hetero) is 1. The van der Waals surface area contributed by atoms with Crippen LogP contribution < -0.4 is 14.8 Å². The molecular weight excluding hydrogens is 342 g/mol. The fourth-order valence-electron chi connectivity index (χ4n) is 3.01. The van der Waals surface area contributed by atoms with Crippen molar-refractivity contribution in [2.45, 2.75) is 39.7 Å². The second-order valence-electron chi connectivity index (χ2n) is 6.91. The van der Waals surface area contributed by atoms with Crippen LogP contribution >= 0.6 is 0 Å². The first-order valence-electron chi connectivity index (χ1n) is 9.23. The summed E-state index contributed by atoms with van der Waals surface area (Å²) in [5, 5.41) is 2.94. The van der Waals surface area contributed by atoms with E-state index in [1.807, 2.05) is 57.2 Å². The fraction of sp³-hybridized carbons (Fsp3) is 0.364. The molecule has 2 aromatic carbocycles. The van der Waals surface area contributed by atoms with Gasteiger partial charge in [0.25, 0.3) is 0 Å². The van der Waals surface area contributed by atoms with Crippen molar-refractivity contribution in [1.82, 2.24) is 5.32 Å². The van der Waals surface area contributed by atoms with Gasteiger partial charge in [-0.25, -0.2) is 0 Å². The van der Waals surface area contributed by atoms with Crippen LogP contribution in [0.1, 0.15) is 52.9 Å². The highest BCUT2D eigenvalue weighted by atomic mass is 16.6. The highest BCUT2D eigenvalue weighted by Crippen LogP contribution is 2.32. The average molecular weight is 367 g/mol. The Bertz CT molecular complexity index is 859. The first-order chi connectivity index (χ1) is 12.9. The van der Waals surface area contributed by atoms with Gasteiger partial charge in [-0.15, -0.1) is 0 Å². The molecule has 0 unspecified atom stereocenters. The number of benzene rings is 2. The number of hydrogen-bond acceptors (Lipinski definition) is 4. The Kier molecular flexibility index (Phi) is 5.79. The van der Waals surface area contributed by atoms with Crippen molar-refractivity contribution in [3.05, 3.63) is 58.7 Å². The molecule has 5 heteroatoms. The lowest BCUT2D eigenvalue weighted by molar-refractivity contribution is -0.121. The standard InChI is InChI=1S/C22H25NO4/c1-14-4-5-18(12-15(14)2)19(24)7-9-22(25)23-16(3)17-6-8-20-21(13-17)27-11-10-26-20/h4-6,8,12-13,16H,7,9-11H2,1-3H3,(H,23,25)/t16-/m1/s1. The predicted molar refractivity (Wildman–Crippen MR) is 103 cm³/mol. The van der Waals surface area contributed by atoms with Crippen molar-refractivity contribution in [2.24, 2.45) is 0 Å². The lowest BCUT2D eigenvalue weighted by atomic mass is 10.0. The summed E-state index contributed by atoms with van der Waals surface area (Å²) in [5.74, 6) is 1.27. The van der Waals surface area contributed by atoms with Crippen molar-refractivity contribution in [1.29, 1.82) is 0 Å². The quantitative estimate of drug-likeness (QED) is 0.786. The Morgan fingerprint density at radius 1 is 0.963 bits per heavy atom. The molecule has 0 fully saturated rings. The number of fused-ring (bicyclic) bond motifs is 1. The smallest absolute Gasteiger partial charge is 0.220 e. The highest BCUT2D eigenvalue weighted by Gasteiger charge is 2.16. The predicted octanol–water partition coefficient (Wildman–Crippen LogP) is 3.91. The van der Waals surface area contributed by atoms with Gasteiger partial charge >= 0.3 is 0 Å². The molecule has 2 aromatic rings. The molecule has 1 heterocycles. The SMILES string of the molecule is Cc1ccc(C(=O)CCC(=O)N[C@H](C)c2ccc3c(c2)OCCO3)cc1C. The number of ketones is 1. The molecule has 0 saturated heterocycles. The molecule has 0 aliphatic carbocycles. The maximum Gasteiger partial charge on any atom is 0.220 e. The molecule has 1 N–H and O–H groups in total. The van der Waals surface area contributed by atoms with Crippen molar-refractivity contribution < 1.29 is 19.1 Å². The van der Waals surface area contributed by atoms with E-state index >= 15 is 0 Å². The van der Waals surface area contributed by atoms with Crippen LogP contribution in [0.5, 0.6) is 11.5 Å². The van der Waals surface area contributed by atoms with Crippen LogP contribution in [0.3, 0.4) is 0 Å². The van der Waals surface area contributed by atoms with Crippen LogP contribution in [-0.2, 0) is 4.79 Å². The molecule has 3 rings (SSSR count). The topological polar surface area (TPSA) is 64.6 Å². The number of rotatable bonds is 6. The van der Waals surface area contributed by atoms with Crippen molar-refractivity contribution in [3.63, 3.8) is 0 Å². The number of amides is 1. The number of nitrogens with one attached hydrogen (secondary N) is 1. The third-order valence-electron chi connectivity index (χ3n) is 4.85. The maximum absolute atomic E-state index is 12.3. The maximum atomic E-state index is 12.3. The minimum atomic E-state index is -0.176. The molecule has 1 atom stereocenters. The molecule has 5 nitrogen and oxygen atoms in total. The van der Waals surface area contributed by atoms with E-state index in [-0.39, 0.29) is 30.6 Å². The molecule has 27 heavy (non-hydrogen) atoms. The van der Waals surface area contributed by atoms with Crippen molar-refractivity contribution in [3.8, 4) is 11.5 Å². The normalized spacial score (nSPS) is 13.7. The number of carbonyl (C=O) groups excluding carboxylic acids is 2. The number of aryl methyl sites for hydroxylation is 2. The van der Waals surface area contributed by atoms with Gasteiger partial charge in [0.15, 0.2) is 17.3 Å². The molecule has 0 aromatic heterocycles. The van der Waals surface area contributed by atoms with Gasteiger partial charge in [-0.1, -0.05) is 18.2 Å². The van der Waals surface area contributed by atoms with E-state index in [0.717, 1.165) is 22.4 Å². The van der Waals surface area contributed by atoms with E-state index in [1.54, 1.807) is 0 Å². The van der Waals surface area contributed by atoms with Crippen LogP contribution in [0.2, 0.25) is 0 Å². The summed E-state index contributed by atoms with van der Waals surface area (Å²) >= 11 is 0. The molecule has 142 valence electrons. The van der Waals surface area contributed by atoms with Gasteiger partial charge in [0.05, 0.1) is 6.04 Å². The molecule has 0 spiro atoms. The number of hydrogen-bond donors (Lipinski definition) is 1. The summed E-state index contributed by atoms with van der Waals surface area (Å²) in [5.41, 5.74) is 3.83. The Morgan fingerprint density at radius 2 is 1.70 bits per heavy atom. The van der Waals surface area contributed by atoms with Gasteiger partial charge in [-0.05, 0) is 55.7 Å². The summed E-state index contributed by atoms with van der Waals surface area (Å²) in [6.07, 6.45) is 0.364. The monoisotopic (exact) mass is 367 g/mol. The summed E-state index contributed by atoms with van der Waals surface area (Å²) < 4.78 is 11.1. The molecule has 1 amide bonds. The van der Waals surface area contributed by atoms with Gasteiger partial charge in [-0.2, -0.15) is 0 Å². The summed E-state index contributed by atoms with van der Waals surface area (Å²) in [4.78, 5) is 24.6. The summed E-state index contributed by atoms with van der Waals surface area (Å²) in [6.45, 7) is 6.98. The number of ether oxygens (including phenoxy) is 2. The third-order valence-corrected chi connectivity index (χ3v) is 4.85. The zero-order chi connectivity index (χ0) is 19.4. The molecule has 0 radical (unpaired) electrons. The van der Waals surface area contributed by atoms with Gasteiger partial charge in [-0.3, -0.25) is 9.59 Å². The van der Waals surface area contributed by atoms with E-state index in [9.17, 15) is 9.59 Å². The summed E-state index contributed by atoms with van der Waals surface area (Å²) in [7, 11) is 0. The second-order valence-corrected chi connectivity index (χ2v) is 6.91. The fourth-order valence-corrected chi connectivity index (χ4v) is 3.01. The first kappa shape index (κ1) is 19.0. The molecule has 0 bridgehead atoms. The van der Waals surface area contributed by atoms with E-state index in [4.69, 9.17) is 9.47 Å². The van der Waals surface area contributed by atoms with Gasteiger partial charge in [0, 0.05) is 18.4 Å². The van der Waals surface area contributed by atoms with Gasteiger partial charge in [0.1, 0.15) is 13.2 Å². The van der Waals surface area contributed by atoms with E-state index < -0.39 is 0 Å². The minimum Gasteiger partial charge on any atom is -0.486 e. The van der Waals surface area contributed by atoms with Crippen molar-refractivity contribution in [2.75, 3.05) is 13.2 Å². The average Bonchev–Trinajstić information content (AvgIpc) is 2.67. The molecule has 1 aliphatic heterocycles. The van der Waals surface area contributed by atoms with E-state index in [1.165, 1.54) is 0 Å². The van der Waals surface area contributed by atoms with Crippen LogP contribution in [0.4, 0.5) is 0 Å². The van der Waals surface area contributed by atoms with Crippen molar-refractivity contribution >= 4 is 11.7 Å². The second kappa shape index (κ2) is 8.25. The van der Waals surface area contributed by atoms with Gasteiger partial charge in [0.2, 0.25) is 5.91 Å². The van der Waals surface area contributed by atoms with Crippen LogP contribution in [-0.4, -0.2) is 24.9 Å². The Labute approximate surface area is 159 Å². The highest BCUT2D eigenvalue weighted by molar-refractivity contribution is 5.98. The molecular formula is C22H25NO4. The third kappa shape index (κ3) is 4.67. The first-order valence-corrected chi connectivity index (χ1v) is 9.23.